The van der Waals surface area contributed by atoms with Gasteiger partial charge in [0.05, 0.1) is 10.0 Å². The van der Waals surface area contributed by atoms with Crippen molar-refractivity contribution >= 4 is 40.8 Å². The summed E-state index contributed by atoms with van der Waals surface area (Å²) in [6.45, 7) is 4.23. The molecule has 1 atom stereocenters. The van der Waals surface area contributed by atoms with E-state index in [0.717, 1.165) is 11.4 Å². The number of halogens is 2. The minimum Gasteiger partial charge on any atom is -0.382 e. The maximum atomic E-state index is 5.98. The SMILES string of the molecule is CCC(C)Sc1nc(N)c(Cl)cc1Cl. The number of nitrogens with two attached hydrogens (primary N) is 1. The summed E-state index contributed by atoms with van der Waals surface area (Å²) >= 11 is 13.4. The van der Waals surface area contributed by atoms with Gasteiger partial charge in [0, 0.05) is 5.25 Å². The summed E-state index contributed by atoms with van der Waals surface area (Å²) < 4.78 is 0. The van der Waals surface area contributed by atoms with Gasteiger partial charge in [-0.2, -0.15) is 0 Å². The van der Waals surface area contributed by atoms with Crippen LogP contribution in [-0.4, -0.2) is 10.2 Å². The number of rotatable bonds is 3. The van der Waals surface area contributed by atoms with E-state index in [4.69, 9.17) is 28.9 Å². The normalized spacial score (nSPS) is 12.9. The van der Waals surface area contributed by atoms with Crippen LogP contribution in [0.4, 0.5) is 5.82 Å². The molecule has 14 heavy (non-hydrogen) atoms. The van der Waals surface area contributed by atoms with Crippen molar-refractivity contribution in [3.8, 4) is 0 Å². The largest absolute Gasteiger partial charge is 0.382 e. The Kier molecular flexibility index (Phi) is 4.35. The molecule has 0 fully saturated rings. The monoisotopic (exact) mass is 250 g/mol. The maximum Gasteiger partial charge on any atom is 0.143 e. The first-order valence-electron chi connectivity index (χ1n) is 4.32. The minimum atomic E-state index is 0.335. The number of nitrogen functional groups attached to an aromatic ring is 1. The highest BCUT2D eigenvalue weighted by Crippen LogP contribution is 2.33. The van der Waals surface area contributed by atoms with Crippen LogP contribution in [0.3, 0.4) is 0 Å². The van der Waals surface area contributed by atoms with Gasteiger partial charge in [-0.25, -0.2) is 4.98 Å². The van der Waals surface area contributed by atoms with Crippen LogP contribution in [0.1, 0.15) is 20.3 Å². The van der Waals surface area contributed by atoms with E-state index in [0.29, 0.717) is 21.1 Å². The number of anilines is 1. The van der Waals surface area contributed by atoms with E-state index in [-0.39, 0.29) is 0 Å². The second-order valence-electron chi connectivity index (χ2n) is 2.98. The molecule has 0 radical (unpaired) electrons. The van der Waals surface area contributed by atoms with Gasteiger partial charge < -0.3 is 5.73 Å². The van der Waals surface area contributed by atoms with Crippen LogP contribution < -0.4 is 5.73 Å². The Hall–Kier alpha value is -0.120. The Morgan fingerprint density at radius 1 is 1.50 bits per heavy atom. The molecular weight excluding hydrogens is 239 g/mol. The first-order valence-corrected chi connectivity index (χ1v) is 5.96. The van der Waals surface area contributed by atoms with E-state index < -0.39 is 0 Å². The first-order chi connectivity index (χ1) is 6.54. The summed E-state index contributed by atoms with van der Waals surface area (Å²) in [4.78, 5) is 4.14. The van der Waals surface area contributed by atoms with E-state index >= 15 is 0 Å². The smallest absolute Gasteiger partial charge is 0.143 e. The molecule has 1 heterocycles. The number of aromatic nitrogens is 1. The molecule has 5 heteroatoms. The molecule has 0 bridgehead atoms. The molecule has 0 saturated heterocycles. The summed E-state index contributed by atoms with van der Waals surface area (Å²) in [5.74, 6) is 0.335. The van der Waals surface area contributed by atoms with Crippen LogP contribution in [0.15, 0.2) is 11.1 Å². The summed E-state index contributed by atoms with van der Waals surface area (Å²) in [5.41, 5.74) is 5.59. The lowest BCUT2D eigenvalue weighted by Gasteiger charge is -2.09. The second-order valence-corrected chi connectivity index (χ2v) is 5.22. The quantitative estimate of drug-likeness (QED) is 0.829. The maximum absolute atomic E-state index is 5.98. The van der Waals surface area contributed by atoms with Gasteiger partial charge in [0.15, 0.2) is 0 Å². The zero-order chi connectivity index (χ0) is 10.7. The van der Waals surface area contributed by atoms with Crippen LogP contribution in [-0.2, 0) is 0 Å². The van der Waals surface area contributed by atoms with Crippen molar-refractivity contribution in [1.29, 1.82) is 0 Å². The van der Waals surface area contributed by atoms with Gasteiger partial charge in [-0.15, -0.1) is 11.8 Å². The van der Waals surface area contributed by atoms with Gasteiger partial charge in [0.2, 0.25) is 0 Å². The molecule has 0 aliphatic heterocycles. The molecule has 1 aromatic rings. The van der Waals surface area contributed by atoms with E-state index in [9.17, 15) is 0 Å². The Morgan fingerprint density at radius 3 is 2.71 bits per heavy atom. The summed E-state index contributed by atoms with van der Waals surface area (Å²) in [6.07, 6.45) is 1.06. The van der Waals surface area contributed by atoms with Gasteiger partial charge in [-0.05, 0) is 12.5 Å². The standard InChI is InChI=1S/C9H12Cl2N2S/c1-3-5(2)14-9-7(11)4-6(10)8(12)13-9/h4-5H,3H2,1-2H3,(H2,12,13). The van der Waals surface area contributed by atoms with Gasteiger partial charge in [-0.3, -0.25) is 0 Å². The number of hydrogen-bond acceptors (Lipinski definition) is 3. The Bertz CT molecular complexity index is 331. The zero-order valence-electron chi connectivity index (χ0n) is 8.05. The van der Waals surface area contributed by atoms with E-state index in [1.54, 1.807) is 17.8 Å². The first kappa shape index (κ1) is 12.0. The Labute approximate surface area is 98.2 Å². The zero-order valence-corrected chi connectivity index (χ0v) is 10.4. The fraction of sp³-hybridized carbons (Fsp3) is 0.444. The minimum absolute atomic E-state index is 0.335. The van der Waals surface area contributed by atoms with Crippen molar-refractivity contribution < 1.29 is 0 Å². The van der Waals surface area contributed by atoms with Crippen molar-refractivity contribution in [3.63, 3.8) is 0 Å². The number of pyridine rings is 1. The van der Waals surface area contributed by atoms with Crippen LogP contribution in [0.5, 0.6) is 0 Å². The summed E-state index contributed by atoms with van der Waals surface area (Å²) in [5, 5.41) is 2.20. The lowest BCUT2D eigenvalue weighted by Crippen LogP contribution is -1.98. The summed E-state index contributed by atoms with van der Waals surface area (Å²) in [7, 11) is 0. The van der Waals surface area contributed by atoms with Crippen molar-refractivity contribution in [3.05, 3.63) is 16.1 Å². The van der Waals surface area contributed by atoms with Crippen molar-refractivity contribution in [2.75, 3.05) is 5.73 Å². The average molecular weight is 251 g/mol. The van der Waals surface area contributed by atoms with Gasteiger partial charge >= 0.3 is 0 Å². The highest BCUT2D eigenvalue weighted by atomic mass is 35.5. The molecule has 1 rings (SSSR count). The van der Waals surface area contributed by atoms with E-state index in [1.165, 1.54) is 0 Å². The van der Waals surface area contributed by atoms with Crippen LogP contribution >= 0.6 is 35.0 Å². The number of thioether (sulfide) groups is 1. The molecule has 0 amide bonds. The molecule has 78 valence electrons. The van der Waals surface area contributed by atoms with Gasteiger partial charge in [-0.1, -0.05) is 37.0 Å². The lowest BCUT2D eigenvalue weighted by molar-refractivity contribution is 0.901. The third-order valence-electron chi connectivity index (χ3n) is 1.81. The molecular formula is C9H12Cl2N2S. The molecule has 2 nitrogen and oxygen atoms in total. The van der Waals surface area contributed by atoms with Crippen LogP contribution in [0.2, 0.25) is 10.0 Å². The van der Waals surface area contributed by atoms with Crippen molar-refractivity contribution in [2.24, 2.45) is 0 Å². The molecule has 0 aliphatic rings. The molecule has 0 spiro atoms. The predicted octanol–water partition coefficient (Wildman–Crippen LogP) is 3.86. The molecule has 1 unspecified atom stereocenters. The summed E-state index contributed by atoms with van der Waals surface area (Å²) in [6, 6.07) is 1.64. The average Bonchev–Trinajstić information content (AvgIpc) is 2.14. The molecule has 0 saturated carbocycles. The fourth-order valence-corrected chi connectivity index (χ4v) is 2.18. The highest BCUT2D eigenvalue weighted by molar-refractivity contribution is 7.99. The third kappa shape index (κ3) is 2.94. The fourth-order valence-electron chi connectivity index (χ4n) is 0.820. The lowest BCUT2D eigenvalue weighted by atomic mass is 10.4. The third-order valence-corrected chi connectivity index (χ3v) is 3.79. The predicted molar refractivity (Wildman–Crippen MR) is 64.3 cm³/mol. The molecule has 0 aromatic carbocycles. The second kappa shape index (κ2) is 5.10. The Balaban J connectivity index is 2.92. The molecule has 0 aliphatic carbocycles. The van der Waals surface area contributed by atoms with Gasteiger partial charge in [0.1, 0.15) is 10.8 Å². The van der Waals surface area contributed by atoms with Crippen LogP contribution in [0.25, 0.3) is 0 Å². The molecule has 1 aromatic heterocycles. The number of nitrogens with zero attached hydrogens (tertiary/aromatic N) is 1. The highest BCUT2D eigenvalue weighted by Gasteiger charge is 2.10. The van der Waals surface area contributed by atoms with Crippen molar-refractivity contribution in [2.45, 2.75) is 30.5 Å². The number of hydrogen-bond donors (Lipinski definition) is 1. The van der Waals surface area contributed by atoms with Crippen LogP contribution in [0, 0.1) is 0 Å². The van der Waals surface area contributed by atoms with E-state index in [2.05, 4.69) is 18.8 Å². The topological polar surface area (TPSA) is 38.9 Å². The Morgan fingerprint density at radius 2 is 2.14 bits per heavy atom. The van der Waals surface area contributed by atoms with E-state index in [1.807, 2.05) is 0 Å². The van der Waals surface area contributed by atoms with Gasteiger partial charge in [0.25, 0.3) is 0 Å². The molecule has 2 N–H and O–H groups in total. The van der Waals surface area contributed by atoms with Crippen molar-refractivity contribution in [1.82, 2.24) is 4.98 Å².